The number of aromatic nitrogens is 4. The fourth-order valence-electron chi connectivity index (χ4n) is 4.33. The van der Waals surface area contributed by atoms with Crippen molar-refractivity contribution in [2.75, 3.05) is 18.0 Å². The Balaban J connectivity index is 1.70. The Morgan fingerprint density at radius 3 is 2.49 bits per heavy atom. The lowest BCUT2D eigenvalue weighted by atomic mass is 9.91. The Morgan fingerprint density at radius 1 is 1.14 bits per heavy atom. The molecule has 1 fully saturated rings. The zero-order valence-electron chi connectivity index (χ0n) is 20.2. The maximum atomic E-state index is 13.2. The lowest BCUT2D eigenvalue weighted by Crippen LogP contribution is -2.41. The third kappa shape index (κ3) is 5.79. The number of ether oxygens (including phenoxy) is 1. The van der Waals surface area contributed by atoms with Gasteiger partial charge in [0.1, 0.15) is 5.82 Å². The second kappa shape index (κ2) is 10.0. The smallest absolute Gasteiger partial charge is 0.281 e. The van der Waals surface area contributed by atoms with Crippen molar-refractivity contribution in [3.8, 4) is 17.1 Å². The molecule has 4 heterocycles. The van der Waals surface area contributed by atoms with E-state index in [9.17, 15) is 13.2 Å². The van der Waals surface area contributed by atoms with Gasteiger partial charge in [0.15, 0.2) is 5.03 Å². The minimum atomic E-state index is -4.10. The van der Waals surface area contributed by atoms with Crippen LogP contribution in [0.15, 0.2) is 47.8 Å². The van der Waals surface area contributed by atoms with E-state index in [1.54, 1.807) is 24.4 Å². The highest BCUT2D eigenvalue weighted by Gasteiger charge is 2.29. The van der Waals surface area contributed by atoms with Gasteiger partial charge >= 0.3 is 0 Å². The van der Waals surface area contributed by atoms with Gasteiger partial charge in [-0.1, -0.05) is 13.8 Å². The summed E-state index contributed by atoms with van der Waals surface area (Å²) in [6, 6.07) is 8.22. The predicted octanol–water partition coefficient (Wildman–Crippen LogP) is 3.25. The van der Waals surface area contributed by atoms with Gasteiger partial charge in [-0.2, -0.15) is 13.5 Å². The van der Waals surface area contributed by atoms with E-state index in [-0.39, 0.29) is 16.7 Å². The van der Waals surface area contributed by atoms with E-state index in [0.717, 1.165) is 12.0 Å². The standard InChI is InChI=1S/C24H30N6O4S/c1-15(2)34-21-8-5-18(12-25-21)20-7-6-19(23(27-20)30-13-16(3)11-17(4)14-30)24(31)29-35(32,33)22-9-10-26-28-22/h5-10,12,15-17H,11,13-14H2,1-4H3,(H,26,28)(H,29,31). The number of piperidine rings is 1. The third-order valence-corrected chi connectivity index (χ3v) is 6.93. The number of H-pyrrole nitrogens is 1. The molecule has 1 amide bonds. The molecule has 35 heavy (non-hydrogen) atoms. The highest BCUT2D eigenvalue weighted by Crippen LogP contribution is 2.30. The minimum absolute atomic E-state index is 0.0111. The minimum Gasteiger partial charge on any atom is -0.475 e. The van der Waals surface area contributed by atoms with Crippen LogP contribution in [0.3, 0.4) is 0 Å². The summed E-state index contributed by atoms with van der Waals surface area (Å²) in [4.78, 5) is 24.4. The first kappa shape index (κ1) is 24.6. The maximum absolute atomic E-state index is 13.2. The molecule has 10 nitrogen and oxygen atoms in total. The van der Waals surface area contributed by atoms with Crippen LogP contribution < -0.4 is 14.4 Å². The van der Waals surface area contributed by atoms with Crippen LogP contribution in [-0.2, 0) is 10.0 Å². The van der Waals surface area contributed by atoms with Gasteiger partial charge in [-0.3, -0.25) is 9.89 Å². The molecule has 0 aromatic carbocycles. The lowest BCUT2D eigenvalue weighted by molar-refractivity contribution is 0.0981. The average Bonchev–Trinajstić information content (AvgIpc) is 3.34. The summed E-state index contributed by atoms with van der Waals surface area (Å²) in [7, 11) is -4.10. The normalized spacial score (nSPS) is 18.5. The van der Waals surface area contributed by atoms with E-state index in [1.807, 2.05) is 19.9 Å². The number of nitrogens with zero attached hydrogens (tertiary/aromatic N) is 4. The van der Waals surface area contributed by atoms with E-state index in [1.165, 1.54) is 12.3 Å². The van der Waals surface area contributed by atoms with Crippen molar-refractivity contribution in [2.24, 2.45) is 11.8 Å². The molecule has 11 heteroatoms. The zero-order valence-corrected chi connectivity index (χ0v) is 21.0. The summed E-state index contributed by atoms with van der Waals surface area (Å²) in [5.41, 5.74) is 1.57. The summed E-state index contributed by atoms with van der Waals surface area (Å²) >= 11 is 0. The fraction of sp³-hybridized carbons (Fsp3) is 0.417. The zero-order chi connectivity index (χ0) is 25.2. The molecule has 2 atom stereocenters. The van der Waals surface area contributed by atoms with Gasteiger partial charge in [0.25, 0.3) is 15.9 Å². The molecule has 186 valence electrons. The molecule has 0 saturated carbocycles. The largest absolute Gasteiger partial charge is 0.475 e. The topological polar surface area (TPSA) is 130 Å². The molecule has 0 bridgehead atoms. The van der Waals surface area contributed by atoms with Crippen LogP contribution >= 0.6 is 0 Å². The molecule has 4 rings (SSSR count). The number of pyridine rings is 2. The van der Waals surface area contributed by atoms with E-state index in [0.29, 0.717) is 42.3 Å². The number of carbonyl (C=O) groups excluding carboxylic acids is 1. The second-order valence-corrected chi connectivity index (χ2v) is 11.0. The summed E-state index contributed by atoms with van der Waals surface area (Å²) in [5.74, 6) is 1.02. The maximum Gasteiger partial charge on any atom is 0.281 e. The van der Waals surface area contributed by atoms with Crippen molar-refractivity contribution in [3.63, 3.8) is 0 Å². The summed E-state index contributed by atoms with van der Waals surface area (Å²) in [6.45, 7) is 9.61. The molecular weight excluding hydrogens is 468 g/mol. The molecule has 0 spiro atoms. The molecule has 1 aliphatic heterocycles. The van der Waals surface area contributed by atoms with Gasteiger partial charge in [-0.05, 0) is 56.4 Å². The molecule has 2 unspecified atom stereocenters. The van der Waals surface area contributed by atoms with Crippen molar-refractivity contribution >= 4 is 21.7 Å². The van der Waals surface area contributed by atoms with E-state index >= 15 is 0 Å². The molecule has 3 aromatic heterocycles. The molecule has 1 aliphatic rings. The van der Waals surface area contributed by atoms with Crippen molar-refractivity contribution < 1.29 is 17.9 Å². The van der Waals surface area contributed by atoms with Crippen molar-refractivity contribution in [1.29, 1.82) is 0 Å². The van der Waals surface area contributed by atoms with Crippen LogP contribution in [0.25, 0.3) is 11.3 Å². The number of rotatable bonds is 7. The van der Waals surface area contributed by atoms with Crippen LogP contribution in [0.2, 0.25) is 0 Å². The monoisotopic (exact) mass is 498 g/mol. The number of aromatic amines is 1. The predicted molar refractivity (Wildman–Crippen MR) is 132 cm³/mol. The van der Waals surface area contributed by atoms with Gasteiger partial charge in [-0.25, -0.2) is 14.7 Å². The van der Waals surface area contributed by atoms with Crippen molar-refractivity contribution in [1.82, 2.24) is 24.9 Å². The summed E-state index contributed by atoms with van der Waals surface area (Å²) in [6.07, 6.45) is 4.07. The number of carbonyl (C=O) groups is 1. The van der Waals surface area contributed by atoms with Gasteiger partial charge in [0.2, 0.25) is 5.88 Å². The van der Waals surface area contributed by atoms with Crippen LogP contribution in [0.4, 0.5) is 5.82 Å². The van der Waals surface area contributed by atoms with Gasteiger partial charge in [-0.15, -0.1) is 0 Å². The van der Waals surface area contributed by atoms with E-state index in [2.05, 4.69) is 38.7 Å². The SMILES string of the molecule is CC1CC(C)CN(c2nc(-c3ccc(OC(C)C)nc3)ccc2C(=O)NS(=O)(=O)c2ccn[nH]2)C1. The van der Waals surface area contributed by atoms with E-state index < -0.39 is 15.9 Å². The Morgan fingerprint density at radius 2 is 1.89 bits per heavy atom. The average molecular weight is 499 g/mol. The molecule has 1 saturated heterocycles. The Bertz CT molecular complexity index is 1270. The quantitative estimate of drug-likeness (QED) is 0.508. The first-order chi connectivity index (χ1) is 16.6. The van der Waals surface area contributed by atoms with Gasteiger partial charge in [0, 0.05) is 30.9 Å². The Kier molecular flexibility index (Phi) is 7.06. The number of hydrogen-bond acceptors (Lipinski definition) is 8. The first-order valence-corrected chi connectivity index (χ1v) is 13.1. The number of nitrogens with one attached hydrogen (secondary N) is 2. The Hall–Kier alpha value is -3.47. The number of amides is 1. The highest BCUT2D eigenvalue weighted by molar-refractivity contribution is 7.90. The third-order valence-electron chi connectivity index (χ3n) is 5.67. The lowest BCUT2D eigenvalue weighted by Gasteiger charge is -2.36. The number of hydrogen-bond donors (Lipinski definition) is 2. The van der Waals surface area contributed by atoms with Crippen molar-refractivity contribution in [2.45, 2.75) is 45.2 Å². The number of sulfonamides is 1. The Labute approximate surface area is 205 Å². The fourth-order valence-corrected chi connectivity index (χ4v) is 5.21. The molecule has 2 N–H and O–H groups in total. The molecule has 0 aliphatic carbocycles. The molecule has 3 aromatic rings. The van der Waals surface area contributed by atoms with Crippen molar-refractivity contribution in [3.05, 3.63) is 48.3 Å². The molecular formula is C24H30N6O4S. The van der Waals surface area contributed by atoms with Crippen LogP contribution in [0.5, 0.6) is 5.88 Å². The van der Waals surface area contributed by atoms with E-state index in [4.69, 9.17) is 9.72 Å². The van der Waals surface area contributed by atoms with Crippen LogP contribution in [-0.4, -0.2) is 53.7 Å². The summed E-state index contributed by atoms with van der Waals surface area (Å²) in [5, 5.41) is 5.84. The van der Waals surface area contributed by atoms with Gasteiger partial charge in [0.05, 0.1) is 23.6 Å². The van der Waals surface area contributed by atoms with Crippen LogP contribution in [0.1, 0.15) is 44.5 Å². The van der Waals surface area contributed by atoms with Gasteiger partial charge < -0.3 is 9.64 Å². The van der Waals surface area contributed by atoms with Crippen LogP contribution in [0, 0.1) is 11.8 Å². The highest BCUT2D eigenvalue weighted by atomic mass is 32.2. The molecule has 0 radical (unpaired) electrons. The number of anilines is 1. The summed E-state index contributed by atoms with van der Waals surface area (Å²) < 4.78 is 33.0. The second-order valence-electron chi connectivity index (χ2n) is 9.33. The first-order valence-electron chi connectivity index (χ1n) is 11.6.